The Kier molecular flexibility index (Phi) is 4.48. The second-order valence-corrected chi connectivity index (χ2v) is 4.94. The molecule has 0 bridgehead atoms. The lowest BCUT2D eigenvalue weighted by atomic mass is 10.1. The van der Waals surface area contributed by atoms with Gasteiger partial charge in [0, 0.05) is 5.38 Å². The Morgan fingerprint density at radius 1 is 1.53 bits per heavy atom. The van der Waals surface area contributed by atoms with Gasteiger partial charge in [0.15, 0.2) is 5.69 Å². The average Bonchev–Trinajstić information content (AvgIpc) is 2.97. The van der Waals surface area contributed by atoms with Gasteiger partial charge in [0.2, 0.25) is 0 Å². The Balaban J connectivity index is 2.13. The summed E-state index contributed by atoms with van der Waals surface area (Å²) in [5, 5.41) is 30.3. The fourth-order valence-electron chi connectivity index (χ4n) is 1.82. The van der Waals surface area contributed by atoms with Crippen molar-refractivity contribution in [1.29, 1.82) is 0 Å². The number of aliphatic hydroxyl groups excluding tert-OH is 3. The first-order chi connectivity index (χ1) is 9.08. The molecular formula is C11H15NO6S. The third-order valence-electron chi connectivity index (χ3n) is 2.79. The van der Waals surface area contributed by atoms with Crippen LogP contribution in [0.2, 0.25) is 0 Å². The van der Waals surface area contributed by atoms with Gasteiger partial charge in [-0.2, -0.15) is 0 Å². The molecule has 4 atom stereocenters. The van der Waals surface area contributed by atoms with Gasteiger partial charge < -0.3 is 24.8 Å². The van der Waals surface area contributed by atoms with Crippen LogP contribution in [0.3, 0.4) is 0 Å². The summed E-state index contributed by atoms with van der Waals surface area (Å²) in [7, 11) is 0. The Morgan fingerprint density at radius 2 is 2.26 bits per heavy atom. The molecule has 7 nitrogen and oxygen atoms in total. The molecule has 0 saturated carbocycles. The molecule has 0 spiro atoms. The van der Waals surface area contributed by atoms with E-state index in [0.29, 0.717) is 5.01 Å². The molecule has 0 aliphatic carbocycles. The zero-order valence-electron chi connectivity index (χ0n) is 10.2. The van der Waals surface area contributed by atoms with E-state index in [-0.39, 0.29) is 12.3 Å². The standard InChI is InChI=1S/C11H15NO6S/c1-2-17-11(16)5-4-19-10(12-5)9-8(15)7(14)6(3-13)18-9/h4,6-9,13-15H,2-3H2,1H3. The van der Waals surface area contributed by atoms with Crippen LogP contribution in [-0.4, -0.2) is 57.8 Å². The summed E-state index contributed by atoms with van der Waals surface area (Å²) in [4.78, 5) is 15.5. The molecular weight excluding hydrogens is 274 g/mol. The van der Waals surface area contributed by atoms with E-state index < -0.39 is 37.0 Å². The number of nitrogens with zero attached hydrogens (tertiary/aromatic N) is 1. The quantitative estimate of drug-likeness (QED) is 0.639. The number of carbonyl (C=O) groups is 1. The maximum Gasteiger partial charge on any atom is 0.357 e. The molecule has 1 fully saturated rings. The summed E-state index contributed by atoms with van der Waals surface area (Å²) < 4.78 is 10.1. The van der Waals surface area contributed by atoms with Crippen molar-refractivity contribution in [3.63, 3.8) is 0 Å². The number of carbonyl (C=O) groups excluding carboxylic acids is 1. The van der Waals surface area contributed by atoms with Gasteiger partial charge in [-0.1, -0.05) is 0 Å². The van der Waals surface area contributed by atoms with Gasteiger partial charge >= 0.3 is 5.97 Å². The number of esters is 1. The third-order valence-corrected chi connectivity index (χ3v) is 3.70. The molecule has 0 radical (unpaired) electrons. The third kappa shape index (κ3) is 2.77. The molecule has 0 aromatic carbocycles. The number of aliphatic hydroxyl groups is 3. The zero-order chi connectivity index (χ0) is 14.0. The highest BCUT2D eigenvalue weighted by molar-refractivity contribution is 7.09. The van der Waals surface area contributed by atoms with Gasteiger partial charge in [0.1, 0.15) is 29.4 Å². The van der Waals surface area contributed by atoms with E-state index in [1.165, 1.54) is 5.38 Å². The fourth-order valence-corrected chi connectivity index (χ4v) is 2.68. The Bertz CT molecular complexity index is 450. The predicted octanol–water partition coefficient (Wildman–Crippen LogP) is -0.526. The van der Waals surface area contributed by atoms with Gasteiger partial charge in [0.25, 0.3) is 0 Å². The maximum atomic E-state index is 11.5. The molecule has 1 aliphatic rings. The molecule has 8 heteroatoms. The minimum Gasteiger partial charge on any atom is -0.461 e. The number of hydrogen-bond donors (Lipinski definition) is 3. The molecule has 2 rings (SSSR count). The summed E-state index contributed by atoms with van der Waals surface area (Å²) in [6.45, 7) is 1.54. The van der Waals surface area contributed by atoms with Gasteiger partial charge in [-0.05, 0) is 6.92 Å². The van der Waals surface area contributed by atoms with Crippen LogP contribution in [0.5, 0.6) is 0 Å². The van der Waals surface area contributed by atoms with Crippen molar-refractivity contribution in [1.82, 2.24) is 4.98 Å². The summed E-state index contributed by atoms with van der Waals surface area (Å²) in [5.74, 6) is -0.545. The topological polar surface area (TPSA) is 109 Å². The monoisotopic (exact) mass is 289 g/mol. The van der Waals surface area contributed by atoms with Crippen molar-refractivity contribution in [3.05, 3.63) is 16.1 Å². The van der Waals surface area contributed by atoms with Crippen molar-refractivity contribution < 1.29 is 29.6 Å². The van der Waals surface area contributed by atoms with E-state index in [0.717, 1.165) is 11.3 Å². The second kappa shape index (κ2) is 5.93. The average molecular weight is 289 g/mol. The highest BCUT2D eigenvalue weighted by atomic mass is 32.1. The van der Waals surface area contributed by atoms with Crippen molar-refractivity contribution >= 4 is 17.3 Å². The van der Waals surface area contributed by atoms with E-state index in [1.54, 1.807) is 6.92 Å². The maximum absolute atomic E-state index is 11.5. The number of thiazole rings is 1. The number of ether oxygens (including phenoxy) is 2. The molecule has 4 unspecified atom stereocenters. The molecule has 2 heterocycles. The van der Waals surface area contributed by atoms with Crippen LogP contribution in [0.1, 0.15) is 28.5 Å². The SMILES string of the molecule is CCOC(=O)c1csc(C2OC(CO)C(O)C2O)n1. The van der Waals surface area contributed by atoms with Crippen LogP contribution in [-0.2, 0) is 9.47 Å². The van der Waals surface area contributed by atoms with Crippen LogP contribution in [0, 0.1) is 0 Å². The summed E-state index contributed by atoms with van der Waals surface area (Å²) in [6.07, 6.45) is -4.06. The molecule has 1 aromatic rings. The van der Waals surface area contributed by atoms with E-state index in [4.69, 9.17) is 14.6 Å². The van der Waals surface area contributed by atoms with Crippen molar-refractivity contribution in [2.24, 2.45) is 0 Å². The number of hydrogen-bond acceptors (Lipinski definition) is 8. The van der Waals surface area contributed by atoms with Crippen LogP contribution in [0.25, 0.3) is 0 Å². The molecule has 1 saturated heterocycles. The summed E-state index contributed by atoms with van der Waals surface area (Å²) in [5.41, 5.74) is 0.139. The largest absolute Gasteiger partial charge is 0.461 e. The zero-order valence-corrected chi connectivity index (χ0v) is 11.0. The minimum absolute atomic E-state index is 0.139. The number of aromatic nitrogens is 1. The first kappa shape index (κ1) is 14.4. The van der Waals surface area contributed by atoms with Crippen LogP contribution >= 0.6 is 11.3 Å². The first-order valence-corrected chi connectivity index (χ1v) is 6.71. The van der Waals surface area contributed by atoms with Gasteiger partial charge in [-0.3, -0.25) is 0 Å². The highest BCUT2D eigenvalue weighted by Crippen LogP contribution is 2.35. The van der Waals surface area contributed by atoms with Crippen molar-refractivity contribution in [2.45, 2.75) is 31.3 Å². The first-order valence-electron chi connectivity index (χ1n) is 5.83. The second-order valence-electron chi connectivity index (χ2n) is 4.05. The molecule has 1 aliphatic heterocycles. The lowest BCUT2D eigenvalue weighted by molar-refractivity contribution is -0.0228. The van der Waals surface area contributed by atoms with E-state index in [1.807, 2.05) is 0 Å². The van der Waals surface area contributed by atoms with Crippen molar-refractivity contribution in [3.8, 4) is 0 Å². The van der Waals surface area contributed by atoms with Crippen LogP contribution in [0.15, 0.2) is 5.38 Å². The van der Waals surface area contributed by atoms with Crippen molar-refractivity contribution in [2.75, 3.05) is 13.2 Å². The Morgan fingerprint density at radius 3 is 2.84 bits per heavy atom. The Labute approximate surface area is 113 Å². The molecule has 106 valence electrons. The molecule has 3 N–H and O–H groups in total. The van der Waals surface area contributed by atoms with Crippen LogP contribution < -0.4 is 0 Å². The fraction of sp³-hybridized carbons (Fsp3) is 0.636. The van der Waals surface area contributed by atoms with Crippen LogP contribution in [0.4, 0.5) is 0 Å². The smallest absolute Gasteiger partial charge is 0.357 e. The summed E-state index contributed by atoms with van der Waals surface area (Å²) in [6, 6.07) is 0. The lowest BCUT2D eigenvalue weighted by Gasteiger charge is -2.11. The molecule has 1 aromatic heterocycles. The normalized spacial score (nSPS) is 30.5. The van der Waals surface area contributed by atoms with E-state index >= 15 is 0 Å². The van der Waals surface area contributed by atoms with Gasteiger partial charge in [-0.25, -0.2) is 9.78 Å². The molecule has 19 heavy (non-hydrogen) atoms. The minimum atomic E-state index is -1.18. The van der Waals surface area contributed by atoms with Gasteiger partial charge in [0.05, 0.1) is 13.2 Å². The highest BCUT2D eigenvalue weighted by Gasteiger charge is 2.44. The predicted molar refractivity (Wildman–Crippen MR) is 64.8 cm³/mol. The molecule has 0 amide bonds. The van der Waals surface area contributed by atoms with E-state index in [2.05, 4.69) is 4.98 Å². The number of rotatable bonds is 4. The summed E-state index contributed by atoms with van der Waals surface area (Å²) >= 11 is 1.13. The van der Waals surface area contributed by atoms with Gasteiger partial charge in [-0.15, -0.1) is 11.3 Å². The lowest BCUT2D eigenvalue weighted by Crippen LogP contribution is -2.32. The Hall–Kier alpha value is -1.06. The van der Waals surface area contributed by atoms with E-state index in [9.17, 15) is 15.0 Å².